The molecular weight excluding hydrogens is 460 g/mol. The quantitative estimate of drug-likeness (QED) is 0.614. The molecule has 6 nitrogen and oxygen atoms in total. The normalized spacial score (nSPS) is 31.9. The van der Waals surface area contributed by atoms with E-state index in [1.54, 1.807) is 0 Å². The van der Waals surface area contributed by atoms with Crippen LogP contribution in [0.25, 0.3) is 0 Å². The molecule has 4 unspecified atom stereocenters. The highest BCUT2D eigenvalue weighted by molar-refractivity contribution is 9.10. The largest absolute Gasteiger partial charge is 0.480 e. The van der Waals surface area contributed by atoms with Crippen LogP contribution in [0, 0.1) is 17.8 Å². The van der Waals surface area contributed by atoms with E-state index in [1.165, 1.54) is 11.3 Å². The van der Waals surface area contributed by atoms with E-state index in [4.69, 9.17) is 0 Å². The lowest BCUT2D eigenvalue weighted by Gasteiger charge is -2.37. The van der Waals surface area contributed by atoms with Crippen LogP contribution in [0.5, 0.6) is 0 Å². The van der Waals surface area contributed by atoms with Gasteiger partial charge in [-0.15, -0.1) is 0 Å². The van der Waals surface area contributed by atoms with Crippen LogP contribution in [0.3, 0.4) is 0 Å². The highest BCUT2D eigenvalue weighted by Gasteiger charge is 2.69. The highest BCUT2D eigenvalue weighted by atomic mass is 79.9. The van der Waals surface area contributed by atoms with Gasteiger partial charge in [-0.2, -0.15) is 0 Å². The number of aliphatic carboxylic acids is 1. The summed E-state index contributed by atoms with van der Waals surface area (Å²) in [6, 6.07) is 7.05. The van der Waals surface area contributed by atoms with Crippen molar-refractivity contribution < 1.29 is 19.5 Å². The Balaban J connectivity index is 1.81. The van der Waals surface area contributed by atoms with Crippen molar-refractivity contribution in [1.29, 1.82) is 0 Å². The molecule has 3 aliphatic rings. The number of carbonyl (C=O) groups is 3. The molecule has 2 aliphatic heterocycles. The molecule has 1 aromatic rings. The van der Waals surface area contributed by atoms with Gasteiger partial charge in [0.2, 0.25) is 11.8 Å². The molecule has 0 spiro atoms. The van der Waals surface area contributed by atoms with Crippen LogP contribution >= 0.6 is 15.9 Å². The molecule has 2 amide bonds. The van der Waals surface area contributed by atoms with Gasteiger partial charge in [-0.3, -0.25) is 24.6 Å². The Morgan fingerprint density at radius 3 is 2.29 bits per heavy atom. The molecule has 4 rings (SSSR count). The van der Waals surface area contributed by atoms with Crippen molar-refractivity contribution in [2.24, 2.45) is 17.8 Å². The number of nitrogens with zero attached hydrogens (tertiary/aromatic N) is 1. The lowest BCUT2D eigenvalue weighted by atomic mass is 9.72. The van der Waals surface area contributed by atoms with E-state index in [1.807, 2.05) is 45.0 Å². The molecule has 3 fully saturated rings. The number of rotatable bonds is 4. The van der Waals surface area contributed by atoms with Crippen LogP contribution in [-0.4, -0.2) is 38.9 Å². The number of halogens is 1. The van der Waals surface area contributed by atoms with Crippen LogP contribution in [0.2, 0.25) is 0 Å². The molecule has 4 atom stereocenters. The average Bonchev–Trinajstić information content (AvgIpc) is 3.18. The second-order valence-electron chi connectivity index (χ2n) is 10.3. The Hall–Kier alpha value is -1.73. The SMILES string of the molecule is CC(C)(C)N1C(=O)C2C(c3ccc(Br)cc3)NC(CC3CCCCC3)(C(=O)O)C2C1=O. The molecule has 31 heavy (non-hydrogen) atoms. The van der Waals surface area contributed by atoms with E-state index in [9.17, 15) is 19.5 Å². The third kappa shape index (κ3) is 3.74. The Morgan fingerprint density at radius 2 is 1.74 bits per heavy atom. The van der Waals surface area contributed by atoms with Crippen molar-refractivity contribution in [1.82, 2.24) is 10.2 Å². The van der Waals surface area contributed by atoms with Crippen molar-refractivity contribution in [3.63, 3.8) is 0 Å². The first-order valence-electron chi connectivity index (χ1n) is 11.2. The van der Waals surface area contributed by atoms with Gasteiger partial charge in [0.05, 0.1) is 11.8 Å². The summed E-state index contributed by atoms with van der Waals surface area (Å²) in [6.07, 6.45) is 5.68. The Bertz CT molecular complexity index is 888. The highest BCUT2D eigenvalue weighted by Crippen LogP contribution is 2.53. The fraction of sp³-hybridized carbons (Fsp3) is 0.625. The Kier molecular flexibility index (Phi) is 5.80. The number of amides is 2. The van der Waals surface area contributed by atoms with E-state index in [0.29, 0.717) is 6.42 Å². The van der Waals surface area contributed by atoms with E-state index < -0.39 is 34.9 Å². The summed E-state index contributed by atoms with van der Waals surface area (Å²) in [5, 5.41) is 13.8. The van der Waals surface area contributed by atoms with Gasteiger partial charge in [0.15, 0.2) is 0 Å². The Labute approximate surface area is 191 Å². The fourth-order valence-electron chi connectivity index (χ4n) is 5.94. The second-order valence-corrected chi connectivity index (χ2v) is 11.3. The number of carboxylic acid groups (broad SMARTS) is 1. The topological polar surface area (TPSA) is 86.7 Å². The molecule has 1 aromatic carbocycles. The summed E-state index contributed by atoms with van der Waals surface area (Å²) in [7, 11) is 0. The molecule has 2 heterocycles. The number of likely N-dealkylation sites (tertiary alicyclic amines) is 1. The number of fused-ring (bicyclic) bond motifs is 1. The maximum Gasteiger partial charge on any atom is 0.324 e. The van der Waals surface area contributed by atoms with Crippen molar-refractivity contribution >= 4 is 33.7 Å². The third-order valence-electron chi connectivity index (χ3n) is 7.27. The van der Waals surface area contributed by atoms with Crippen molar-refractivity contribution in [3.8, 4) is 0 Å². The van der Waals surface area contributed by atoms with Gasteiger partial charge >= 0.3 is 5.97 Å². The molecule has 168 valence electrons. The van der Waals surface area contributed by atoms with Gasteiger partial charge in [0.25, 0.3) is 0 Å². The molecule has 2 saturated heterocycles. The summed E-state index contributed by atoms with van der Waals surface area (Å²) in [6.45, 7) is 5.49. The van der Waals surface area contributed by atoms with E-state index in [-0.39, 0.29) is 17.7 Å². The second kappa shape index (κ2) is 8.00. The summed E-state index contributed by atoms with van der Waals surface area (Å²) in [4.78, 5) is 41.3. The minimum Gasteiger partial charge on any atom is -0.480 e. The molecule has 2 N–H and O–H groups in total. The van der Waals surface area contributed by atoms with Crippen LogP contribution in [0.1, 0.15) is 70.9 Å². The van der Waals surface area contributed by atoms with Gasteiger partial charge < -0.3 is 5.11 Å². The maximum atomic E-state index is 13.6. The number of imide groups is 1. The monoisotopic (exact) mass is 490 g/mol. The van der Waals surface area contributed by atoms with Gasteiger partial charge in [-0.05, 0) is 50.8 Å². The first-order chi connectivity index (χ1) is 14.6. The summed E-state index contributed by atoms with van der Waals surface area (Å²) in [5.74, 6) is -3.01. The first kappa shape index (κ1) is 22.5. The lowest BCUT2D eigenvalue weighted by Crippen LogP contribution is -2.58. The van der Waals surface area contributed by atoms with Gasteiger partial charge in [0, 0.05) is 16.1 Å². The predicted octanol–water partition coefficient (Wildman–Crippen LogP) is 4.29. The zero-order chi connectivity index (χ0) is 22.6. The van der Waals surface area contributed by atoms with E-state index >= 15 is 0 Å². The Morgan fingerprint density at radius 1 is 1.13 bits per heavy atom. The van der Waals surface area contributed by atoms with E-state index in [2.05, 4.69) is 21.2 Å². The maximum absolute atomic E-state index is 13.6. The van der Waals surface area contributed by atoms with Crippen molar-refractivity contribution in [2.45, 2.75) is 76.4 Å². The van der Waals surface area contributed by atoms with Crippen LogP contribution < -0.4 is 5.32 Å². The molecule has 0 aromatic heterocycles. The number of nitrogens with one attached hydrogen (secondary N) is 1. The van der Waals surface area contributed by atoms with Crippen molar-refractivity contribution in [2.75, 3.05) is 0 Å². The number of carboxylic acids is 1. The number of benzene rings is 1. The standard InChI is InChI=1S/C24H31BrN2O4/c1-23(2,3)27-20(28)17-18(21(27)29)24(22(30)31,13-14-7-5-4-6-8-14)26-19(17)15-9-11-16(25)12-10-15/h9-12,14,17-19,26H,4-8,13H2,1-3H3,(H,30,31). The molecule has 0 radical (unpaired) electrons. The average molecular weight is 491 g/mol. The molecular formula is C24H31BrN2O4. The number of hydrogen-bond acceptors (Lipinski definition) is 4. The molecule has 1 aliphatic carbocycles. The summed E-state index contributed by atoms with van der Waals surface area (Å²) in [5.41, 5.74) is -1.29. The number of carbonyl (C=O) groups excluding carboxylic acids is 2. The molecule has 0 bridgehead atoms. The molecule has 1 saturated carbocycles. The smallest absolute Gasteiger partial charge is 0.324 e. The zero-order valence-electron chi connectivity index (χ0n) is 18.4. The van der Waals surface area contributed by atoms with Crippen molar-refractivity contribution in [3.05, 3.63) is 34.3 Å². The van der Waals surface area contributed by atoms with E-state index in [0.717, 1.165) is 35.7 Å². The van der Waals surface area contributed by atoms with Gasteiger partial charge in [-0.1, -0.05) is 60.2 Å². The number of hydrogen-bond donors (Lipinski definition) is 2. The first-order valence-corrected chi connectivity index (χ1v) is 12.0. The third-order valence-corrected chi connectivity index (χ3v) is 7.80. The van der Waals surface area contributed by atoms with Crippen LogP contribution in [0.15, 0.2) is 28.7 Å². The molecule has 7 heteroatoms. The minimum absolute atomic E-state index is 0.244. The van der Waals surface area contributed by atoms with Gasteiger partial charge in [-0.25, -0.2) is 0 Å². The summed E-state index contributed by atoms with van der Waals surface area (Å²) < 4.78 is 0.905. The van der Waals surface area contributed by atoms with Crippen LogP contribution in [0.4, 0.5) is 0 Å². The fourth-order valence-corrected chi connectivity index (χ4v) is 6.20. The van der Waals surface area contributed by atoms with Gasteiger partial charge in [0.1, 0.15) is 5.54 Å². The minimum atomic E-state index is -1.43. The lowest BCUT2D eigenvalue weighted by molar-refractivity contribution is -0.154. The van der Waals surface area contributed by atoms with Crippen LogP contribution in [-0.2, 0) is 14.4 Å². The zero-order valence-corrected chi connectivity index (χ0v) is 19.9. The predicted molar refractivity (Wildman–Crippen MR) is 120 cm³/mol. The summed E-state index contributed by atoms with van der Waals surface area (Å²) >= 11 is 3.44.